The Hall–Kier alpha value is -0.790. The van der Waals surface area contributed by atoms with Gasteiger partial charge in [0.1, 0.15) is 0 Å². The molecule has 0 heterocycles. The van der Waals surface area contributed by atoms with E-state index in [1.807, 2.05) is 20.8 Å². The van der Waals surface area contributed by atoms with E-state index in [0.717, 1.165) is 5.57 Å². The number of esters is 1. The van der Waals surface area contributed by atoms with Gasteiger partial charge in [0.05, 0.1) is 6.61 Å². The van der Waals surface area contributed by atoms with Crippen molar-refractivity contribution in [1.29, 1.82) is 0 Å². The number of hydrogen-bond acceptors (Lipinski definition) is 2. The molecular formula is C9H16O2. The molecule has 0 aliphatic heterocycles. The van der Waals surface area contributed by atoms with E-state index in [1.54, 1.807) is 13.0 Å². The van der Waals surface area contributed by atoms with Gasteiger partial charge in [0.25, 0.3) is 0 Å². The molecule has 0 aliphatic carbocycles. The molecule has 0 aromatic heterocycles. The van der Waals surface area contributed by atoms with Gasteiger partial charge in [0, 0.05) is 6.08 Å². The fraction of sp³-hybridized carbons (Fsp3) is 0.667. The molecule has 2 nitrogen and oxygen atoms in total. The molecule has 0 rings (SSSR count). The van der Waals surface area contributed by atoms with Gasteiger partial charge in [-0.3, -0.25) is 0 Å². The van der Waals surface area contributed by atoms with Crippen LogP contribution >= 0.6 is 0 Å². The summed E-state index contributed by atoms with van der Waals surface area (Å²) in [4.78, 5) is 10.9. The van der Waals surface area contributed by atoms with E-state index in [9.17, 15) is 4.79 Å². The predicted octanol–water partition coefficient (Wildman–Crippen LogP) is 2.15. The first kappa shape index (κ1) is 10.2. The average Bonchev–Trinajstić information content (AvgIpc) is 1.87. The molecule has 0 aromatic rings. The number of allylic oxidation sites excluding steroid dienone is 1. The van der Waals surface area contributed by atoms with Crippen molar-refractivity contribution < 1.29 is 9.53 Å². The summed E-state index contributed by atoms with van der Waals surface area (Å²) in [6.45, 7) is 8.27. The summed E-state index contributed by atoms with van der Waals surface area (Å²) in [5.41, 5.74) is 1.06. The maximum Gasteiger partial charge on any atom is 0.330 e. The summed E-state index contributed by atoms with van der Waals surface area (Å²) >= 11 is 0. The minimum absolute atomic E-state index is 0.237. The van der Waals surface area contributed by atoms with Crippen LogP contribution in [0.15, 0.2) is 11.6 Å². The number of rotatable bonds is 3. The third-order valence-electron chi connectivity index (χ3n) is 1.54. The quantitative estimate of drug-likeness (QED) is 0.462. The van der Waals surface area contributed by atoms with E-state index >= 15 is 0 Å². The minimum Gasteiger partial charge on any atom is -0.463 e. The zero-order chi connectivity index (χ0) is 8.85. The molecule has 0 aromatic carbocycles. The second-order valence-corrected chi connectivity index (χ2v) is 2.80. The molecule has 0 radical (unpaired) electrons. The lowest BCUT2D eigenvalue weighted by Gasteiger charge is -2.03. The second-order valence-electron chi connectivity index (χ2n) is 2.80. The van der Waals surface area contributed by atoms with E-state index < -0.39 is 0 Å². The Labute approximate surface area is 68.2 Å². The third kappa shape index (κ3) is 4.59. The highest BCUT2D eigenvalue weighted by atomic mass is 16.5. The predicted molar refractivity (Wildman–Crippen MR) is 45.2 cm³/mol. The summed E-state index contributed by atoms with van der Waals surface area (Å²) in [5, 5.41) is 0. The lowest BCUT2D eigenvalue weighted by molar-refractivity contribution is -0.137. The van der Waals surface area contributed by atoms with Crippen LogP contribution in [0.1, 0.15) is 27.7 Å². The second kappa shape index (κ2) is 4.94. The Balaban J connectivity index is 3.97. The Bertz CT molecular complexity index is 157. The van der Waals surface area contributed by atoms with Gasteiger partial charge in [-0.05, 0) is 19.8 Å². The van der Waals surface area contributed by atoms with Crippen LogP contribution in [0.4, 0.5) is 0 Å². The van der Waals surface area contributed by atoms with Crippen LogP contribution in [0.5, 0.6) is 0 Å². The standard InChI is InChI=1S/C9H16O2/c1-5-11-9(10)6-8(4)7(2)3/h6-7H,5H2,1-4H3. The largest absolute Gasteiger partial charge is 0.463 e. The molecule has 0 atom stereocenters. The van der Waals surface area contributed by atoms with Gasteiger partial charge in [0.2, 0.25) is 0 Å². The first-order valence-corrected chi connectivity index (χ1v) is 3.92. The van der Waals surface area contributed by atoms with Crippen molar-refractivity contribution in [3.05, 3.63) is 11.6 Å². The number of carbonyl (C=O) groups excluding carboxylic acids is 1. The zero-order valence-corrected chi connectivity index (χ0v) is 7.68. The maximum absolute atomic E-state index is 10.9. The summed E-state index contributed by atoms with van der Waals surface area (Å²) in [5.74, 6) is 0.179. The van der Waals surface area contributed by atoms with E-state index in [-0.39, 0.29) is 5.97 Å². The van der Waals surface area contributed by atoms with Gasteiger partial charge >= 0.3 is 5.97 Å². The molecule has 0 aliphatic rings. The number of carbonyl (C=O) groups is 1. The molecule has 0 fully saturated rings. The smallest absolute Gasteiger partial charge is 0.330 e. The van der Waals surface area contributed by atoms with Crippen molar-refractivity contribution in [2.75, 3.05) is 6.61 Å². The molecule has 0 amide bonds. The first-order chi connectivity index (χ1) is 5.07. The molecule has 64 valence electrons. The van der Waals surface area contributed by atoms with E-state index in [2.05, 4.69) is 0 Å². The van der Waals surface area contributed by atoms with Crippen molar-refractivity contribution in [3.63, 3.8) is 0 Å². The Morgan fingerprint density at radius 3 is 2.45 bits per heavy atom. The summed E-state index contributed by atoms with van der Waals surface area (Å²) in [6.07, 6.45) is 1.55. The SMILES string of the molecule is CCOC(=O)C=C(C)C(C)C. The molecular weight excluding hydrogens is 140 g/mol. The van der Waals surface area contributed by atoms with Crippen LogP contribution in [0.25, 0.3) is 0 Å². The molecule has 0 saturated heterocycles. The van der Waals surface area contributed by atoms with Crippen LogP contribution in [0.3, 0.4) is 0 Å². The molecule has 0 spiro atoms. The van der Waals surface area contributed by atoms with Crippen LogP contribution in [0, 0.1) is 5.92 Å². The average molecular weight is 156 g/mol. The van der Waals surface area contributed by atoms with Crippen LogP contribution in [-0.2, 0) is 9.53 Å². The Kier molecular flexibility index (Phi) is 4.59. The molecule has 11 heavy (non-hydrogen) atoms. The fourth-order valence-electron chi connectivity index (χ4n) is 0.536. The van der Waals surface area contributed by atoms with Crippen LogP contribution in [-0.4, -0.2) is 12.6 Å². The van der Waals surface area contributed by atoms with Gasteiger partial charge in [-0.15, -0.1) is 0 Å². The third-order valence-corrected chi connectivity index (χ3v) is 1.54. The zero-order valence-electron chi connectivity index (χ0n) is 7.68. The summed E-state index contributed by atoms with van der Waals surface area (Å²) in [6, 6.07) is 0. The lowest BCUT2D eigenvalue weighted by atomic mass is 10.1. The van der Waals surface area contributed by atoms with Crippen LogP contribution < -0.4 is 0 Å². The number of ether oxygens (including phenoxy) is 1. The fourth-order valence-corrected chi connectivity index (χ4v) is 0.536. The minimum atomic E-state index is -0.237. The van der Waals surface area contributed by atoms with E-state index in [1.165, 1.54) is 0 Å². The lowest BCUT2D eigenvalue weighted by Crippen LogP contribution is -2.02. The van der Waals surface area contributed by atoms with Crippen molar-refractivity contribution in [3.8, 4) is 0 Å². The maximum atomic E-state index is 10.9. The van der Waals surface area contributed by atoms with Crippen molar-refractivity contribution in [2.45, 2.75) is 27.7 Å². The summed E-state index contributed by atoms with van der Waals surface area (Å²) in [7, 11) is 0. The highest BCUT2D eigenvalue weighted by Gasteiger charge is 2.00. The van der Waals surface area contributed by atoms with E-state index in [4.69, 9.17) is 4.74 Å². The van der Waals surface area contributed by atoms with Crippen LogP contribution in [0.2, 0.25) is 0 Å². The first-order valence-electron chi connectivity index (χ1n) is 3.92. The molecule has 2 heteroatoms. The Morgan fingerprint density at radius 2 is 2.09 bits per heavy atom. The van der Waals surface area contributed by atoms with Crippen molar-refractivity contribution >= 4 is 5.97 Å². The highest BCUT2D eigenvalue weighted by molar-refractivity contribution is 5.82. The normalized spacial score (nSPS) is 11.9. The van der Waals surface area contributed by atoms with Gasteiger partial charge < -0.3 is 4.74 Å². The Morgan fingerprint density at radius 1 is 1.55 bits per heavy atom. The molecule has 0 N–H and O–H groups in total. The summed E-state index contributed by atoms with van der Waals surface area (Å²) < 4.78 is 4.75. The van der Waals surface area contributed by atoms with Gasteiger partial charge in [0.15, 0.2) is 0 Å². The monoisotopic (exact) mass is 156 g/mol. The van der Waals surface area contributed by atoms with Crippen molar-refractivity contribution in [2.24, 2.45) is 5.92 Å². The van der Waals surface area contributed by atoms with E-state index in [0.29, 0.717) is 12.5 Å². The van der Waals surface area contributed by atoms with Gasteiger partial charge in [-0.25, -0.2) is 4.79 Å². The number of hydrogen-bond donors (Lipinski definition) is 0. The topological polar surface area (TPSA) is 26.3 Å². The highest BCUT2D eigenvalue weighted by Crippen LogP contribution is 2.07. The molecule has 0 unspecified atom stereocenters. The van der Waals surface area contributed by atoms with Crippen molar-refractivity contribution in [1.82, 2.24) is 0 Å². The molecule has 0 bridgehead atoms. The van der Waals surface area contributed by atoms with Gasteiger partial charge in [-0.1, -0.05) is 19.4 Å². The molecule has 0 saturated carbocycles. The van der Waals surface area contributed by atoms with Gasteiger partial charge in [-0.2, -0.15) is 0 Å².